The quantitative estimate of drug-likeness (QED) is 0.549. The number of rotatable bonds is 6. The molecule has 0 spiro atoms. The van der Waals surface area contributed by atoms with Crippen molar-refractivity contribution in [3.63, 3.8) is 0 Å². The topological polar surface area (TPSA) is 50.7 Å². The van der Waals surface area contributed by atoms with Crippen molar-refractivity contribution in [3.05, 3.63) is 77.9 Å². The summed E-state index contributed by atoms with van der Waals surface area (Å²) in [6, 6.07) is 21.7. The normalized spacial score (nSPS) is 10.9. The van der Waals surface area contributed by atoms with Crippen molar-refractivity contribution >= 4 is 22.9 Å². The van der Waals surface area contributed by atoms with Gasteiger partial charge in [0, 0.05) is 17.4 Å². The molecule has 0 unspecified atom stereocenters. The Balaban J connectivity index is 1.64. The highest BCUT2D eigenvalue weighted by atomic mass is 16.5. The Morgan fingerprint density at radius 3 is 2.48 bits per heavy atom. The lowest BCUT2D eigenvalue weighted by atomic mass is 10.0. The molecule has 0 heterocycles. The van der Waals surface area contributed by atoms with Crippen LogP contribution in [0.15, 0.2) is 71.8 Å². The molecule has 0 aliphatic rings. The third-order valence-corrected chi connectivity index (χ3v) is 4.01. The number of hydrogen-bond donors (Lipinski definition) is 1. The van der Waals surface area contributed by atoms with E-state index in [4.69, 9.17) is 4.74 Å². The third kappa shape index (κ3) is 4.23. The molecule has 1 N–H and O–H groups in total. The zero-order valence-electron chi connectivity index (χ0n) is 14.1. The van der Waals surface area contributed by atoms with E-state index < -0.39 is 0 Å². The first-order valence-electron chi connectivity index (χ1n) is 8.19. The highest BCUT2D eigenvalue weighted by molar-refractivity contribution is 6.02. The van der Waals surface area contributed by atoms with Crippen molar-refractivity contribution in [3.8, 4) is 5.75 Å². The molecule has 0 aliphatic heterocycles. The van der Waals surface area contributed by atoms with Crippen LogP contribution in [0.4, 0.5) is 0 Å². The number of amides is 1. The molecule has 1 amide bonds. The summed E-state index contributed by atoms with van der Waals surface area (Å²) in [6.45, 7) is 0. The minimum absolute atomic E-state index is 0.0991. The van der Waals surface area contributed by atoms with Gasteiger partial charge < -0.3 is 4.74 Å². The fourth-order valence-electron chi connectivity index (χ4n) is 2.72. The number of hydrazone groups is 1. The Morgan fingerprint density at radius 2 is 1.72 bits per heavy atom. The number of hydrogen-bond acceptors (Lipinski definition) is 3. The second kappa shape index (κ2) is 8.11. The molecule has 0 aliphatic carbocycles. The van der Waals surface area contributed by atoms with Gasteiger partial charge in [-0.2, -0.15) is 5.10 Å². The van der Waals surface area contributed by atoms with E-state index in [2.05, 4.69) is 10.5 Å². The van der Waals surface area contributed by atoms with Gasteiger partial charge in [-0.15, -0.1) is 0 Å². The first-order chi connectivity index (χ1) is 12.3. The number of aryl methyl sites for hydroxylation is 1. The molecule has 3 rings (SSSR count). The van der Waals surface area contributed by atoms with Crippen LogP contribution in [0.25, 0.3) is 10.8 Å². The van der Waals surface area contributed by atoms with Crippen molar-refractivity contribution in [2.45, 2.75) is 12.8 Å². The average molecular weight is 332 g/mol. The van der Waals surface area contributed by atoms with Gasteiger partial charge in [-0.1, -0.05) is 54.6 Å². The lowest BCUT2D eigenvalue weighted by Crippen LogP contribution is -2.17. The Bertz CT molecular complexity index is 889. The van der Waals surface area contributed by atoms with Crippen LogP contribution in [0.1, 0.15) is 17.5 Å². The summed E-state index contributed by atoms with van der Waals surface area (Å²) in [5.41, 5.74) is 4.67. The van der Waals surface area contributed by atoms with Crippen molar-refractivity contribution in [1.82, 2.24) is 5.43 Å². The Kier molecular flexibility index (Phi) is 5.42. The van der Waals surface area contributed by atoms with E-state index in [1.807, 2.05) is 66.7 Å². The molecular weight excluding hydrogens is 312 g/mol. The Hall–Kier alpha value is -3.14. The highest BCUT2D eigenvalue weighted by Gasteiger charge is 2.05. The predicted molar refractivity (Wildman–Crippen MR) is 101 cm³/mol. The molecular formula is C21H20N2O2. The summed E-state index contributed by atoms with van der Waals surface area (Å²) >= 11 is 0. The van der Waals surface area contributed by atoms with Crippen LogP contribution >= 0.6 is 0 Å². The van der Waals surface area contributed by atoms with E-state index in [0.29, 0.717) is 12.8 Å². The maximum absolute atomic E-state index is 11.9. The number of carbonyl (C=O) groups excluding carboxylic acids is 1. The average Bonchev–Trinajstić information content (AvgIpc) is 2.67. The number of ether oxygens (including phenoxy) is 1. The standard InChI is InChI=1S/C21H20N2O2/c1-25-20-13-12-17(18-9-5-6-10-19(18)20)15-22-23-21(24)14-11-16-7-3-2-4-8-16/h2-10,12-13,15H,11,14H2,1H3,(H,23,24). The summed E-state index contributed by atoms with van der Waals surface area (Å²) in [7, 11) is 1.66. The lowest BCUT2D eigenvalue weighted by molar-refractivity contribution is -0.121. The van der Waals surface area contributed by atoms with Gasteiger partial charge in [-0.25, -0.2) is 5.43 Å². The van der Waals surface area contributed by atoms with E-state index in [-0.39, 0.29) is 5.91 Å². The van der Waals surface area contributed by atoms with Crippen LogP contribution in [0.3, 0.4) is 0 Å². The zero-order chi connectivity index (χ0) is 17.5. The molecule has 0 aromatic heterocycles. The number of nitrogens with zero attached hydrogens (tertiary/aromatic N) is 1. The fraction of sp³-hybridized carbons (Fsp3) is 0.143. The Labute approximate surface area is 147 Å². The van der Waals surface area contributed by atoms with E-state index >= 15 is 0 Å². The van der Waals surface area contributed by atoms with Crippen LogP contribution in [0.5, 0.6) is 5.75 Å². The van der Waals surface area contributed by atoms with Crippen molar-refractivity contribution < 1.29 is 9.53 Å². The van der Waals surface area contributed by atoms with Gasteiger partial charge in [0.25, 0.3) is 0 Å². The van der Waals surface area contributed by atoms with E-state index in [1.165, 1.54) is 0 Å². The molecule has 0 saturated heterocycles. The fourth-order valence-corrected chi connectivity index (χ4v) is 2.72. The molecule has 0 radical (unpaired) electrons. The smallest absolute Gasteiger partial charge is 0.240 e. The van der Waals surface area contributed by atoms with Gasteiger partial charge in [0.2, 0.25) is 5.91 Å². The number of benzene rings is 3. The van der Waals surface area contributed by atoms with Crippen LogP contribution < -0.4 is 10.2 Å². The minimum Gasteiger partial charge on any atom is -0.496 e. The summed E-state index contributed by atoms with van der Waals surface area (Å²) in [4.78, 5) is 11.9. The van der Waals surface area contributed by atoms with E-state index in [9.17, 15) is 4.79 Å². The third-order valence-electron chi connectivity index (χ3n) is 4.01. The maximum Gasteiger partial charge on any atom is 0.240 e. The van der Waals surface area contributed by atoms with Gasteiger partial charge in [0.15, 0.2) is 0 Å². The van der Waals surface area contributed by atoms with Gasteiger partial charge in [0.05, 0.1) is 13.3 Å². The molecule has 3 aromatic rings. The van der Waals surface area contributed by atoms with Gasteiger partial charge in [0.1, 0.15) is 5.75 Å². The summed E-state index contributed by atoms with van der Waals surface area (Å²) in [5.74, 6) is 0.720. The summed E-state index contributed by atoms with van der Waals surface area (Å²) in [5, 5.41) is 6.14. The van der Waals surface area contributed by atoms with Gasteiger partial charge in [-0.3, -0.25) is 4.79 Å². The van der Waals surface area contributed by atoms with Gasteiger partial charge in [-0.05, 0) is 29.5 Å². The van der Waals surface area contributed by atoms with Crippen LogP contribution in [0, 0.1) is 0 Å². The number of nitrogens with one attached hydrogen (secondary N) is 1. The molecule has 126 valence electrons. The van der Waals surface area contributed by atoms with E-state index in [0.717, 1.165) is 27.6 Å². The highest BCUT2D eigenvalue weighted by Crippen LogP contribution is 2.27. The number of fused-ring (bicyclic) bond motifs is 1. The number of carbonyl (C=O) groups is 1. The zero-order valence-corrected chi connectivity index (χ0v) is 14.1. The molecule has 3 aromatic carbocycles. The van der Waals surface area contributed by atoms with Crippen molar-refractivity contribution in [1.29, 1.82) is 0 Å². The Morgan fingerprint density at radius 1 is 1.00 bits per heavy atom. The number of methoxy groups -OCH3 is 1. The largest absolute Gasteiger partial charge is 0.496 e. The maximum atomic E-state index is 11.9. The van der Waals surface area contributed by atoms with Crippen LogP contribution in [-0.2, 0) is 11.2 Å². The molecule has 0 bridgehead atoms. The van der Waals surface area contributed by atoms with Crippen LogP contribution in [-0.4, -0.2) is 19.2 Å². The molecule has 4 heteroatoms. The molecule has 0 saturated carbocycles. The van der Waals surface area contributed by atoms with E-state index in [1.54, 1.807) is 13.3 Å². The first-order valence-corrected chi connectivity index (χ1v) is 8.19. The minimum atomic E-state index is -0.0991. The molecule has 25 heavy (non-hydrogen) atoms. The second-order valence-corrected chi connectivity index (χ2v) is 5.68. The molecule has 4 nitrogen and oxygen atoms in total. The van der Waals surface area contributed by atoms with Gasteiger partial charge >= 0.3 is 0 Å². The SMILES string of the molecule is COc1ccc(C=NNC(=O)CCc2ccccc2)c2ccccc12. The molecule has 0 atom stereocenters. The summed E-state index contributed by atoms with van der Waals surface area (Å²) < 4.78 is 5.38. The summed E-state index contributed by atoms with van der Waals surface area (Å²) in [6.07, 6.45) is 2.78. The lowest BCUT2D eigenvalue weighted by Gasteiger charge is -2.07. The first kappa shape index (κ1) is 16.7. The second-order valence-electron chi connectivity index (χ2n) is 5.68. The van der Waals surface area contributed by atoms with Crippen LogP contribution in [0.2, 0.25) is 0 Å². The molecule has 0 fully saturated rings. The monoisotopic (exact) mass is 332 g/mol. The van der Waals surface area contributed by atoms with Crippen molar-refractivity contribution in [2.24, 2.45) is 5.10 Å². The van der Waals surface area contributed by atoms with Crippen molar-refractivity contribution in [2.75, 3.05) is 7.11 Å². The predicted octanol–water partition coefficient (Wildman–Crippen LogP) is 3.93.